The zero-order valence-corrected chi connectivity index (χ0v) is 20.9. The summed E-state index contributed by atoms with van der Waals surface area (Å²) in [7, 11) is -3.02. The van der Waals surface area contributed by atoms with Gasteiger partial charge in [-0.3, -0.25) is 0 Å². The van der Waals surface area contributed by atoms with Crippen molar-refractivity contribution in [2.75, 3.05) is 0 Å². The van der Waals surface area contributed by atoms with E-state index in [9.17, 15) is 0 Å². The minimum atomic E-state index is -1.51. The lowest BCUT2D eigenvalue weighted by molar-refractivity contribution is 0.427. The lowest BCUT2D eigenvalue weighted by Gasteiger charge is -2.44. The topological polar surface area (TPSA) is 24.1 Å². The summed E-state index contributed by atoms with van der Waals surface area (Å²) in [4.78, 5) is 8.15. The van der Waals surface area contributed by atoms with Crippen LogP contribution in [-0.4, -0.2) is 27.5 Å². The quantitative estimate of drug-likeness (QED) is 0.608. The van der Waals surface area contributed by atoms with E-state index in [2.05, 4.69) is 98.5 Å². The van der Waals surface area contributed by atoms with Crippen LogP contribution in [-0.2, 0) is 0 Å². The van der Waals surface area contributed by atoms with E-state index in [-0.39, 0.29) is 11.1 Å². The summed E-state index contributed by atoms with van der Waals surface area (Å²) < 4.78 is 0. The molecule has 0 heterocycles. The molecule has 0 aromatic heterocycles. The van der Waals surface area contributed by atoms with Crippen molar-refractivity contribution < 1.29 is 0 Å². The molecule has 0 bridgehead atoms. The van der Waals surface area contributed by atoms with E-state index in [1.807, 2.05) is 0 Å². The molecule has 1 rings (SSSR count). The van der Waals surface area contributed by atoms with Gasteiger partial charge in [0, 0.05) is 11.1 Å². The van der Waals surface area contributed by atoms with Crippen molar-refractivity contribution in [3.8, 4) is 0 Å². The Bertz CT molecular complexity index is 392. The van der Waals surface area contributed by atoms with E-state index in [1.165, 1.54) is 0 Å². The van der Waals surface area contributed by atoms with Crippen molar-refractivity contribution in [2.45, 2.75) is 111 Å². The zero-order chi connectivity index (χ0) is 19.3. The summed E-state index contributed by atoms with van der Waals surface area (Å²) in [6, 6.07) is 0. The highest BCUT2D eigenvalue weighted by Crippen LogP contribution is 2.59. The average molecular weight is 371 g/mol. The maximum atomic E-state index is 4.07. The highest BCUT2D eigenvalue weighted by atomic mass is 28.3. The molecule has 1 aliphatic rings. The molecule has 144 valence electrons. The van der Waals surface area contributed by atoms with Gasteiger partial charge in [-0.05, 0) is 70.4 Å². The minimum Gasteiger partial charge on any atom is -0.332 e. The smallest absolute Gasteiger partial charge is 0.123 e. The predicted octanol–water partition coefficient (Wildman–Crippen LogP) is 5.84. The van der Waals surface area contributed by atoms with Gasteiger partial charge < -0.3 is 9.96 Å². The van der Waals surface area contributed by atoms with Gasteiger partial charge in [0.1, 0.15) is 16.5 Å². The van der Waals surface area contributed by atoms with Gasteiger partial charge in [0.15, 0.2) is 0 Å². The Morgan fingerprint density at radius 2 is 0.792 bits per heavy atom. The van der Waals surface area contributed by atoms with Gasteiger partial charge in [0.25, 0.3) is 0 Å². The summed E-state index contributed by atoms with van der Waals surface area (Å²) in [5.74, 6) is 2.44. The first-order valence-electron chi connectivity index (χ1n) is 9.98. The normalized spacial score (nSPS) is 33.1. The van der Waals surface area contributed by atoms with E-state index in [1.54, 1.807) is 0 Å². The fourth-order valence-corrected chi connectivity index (χ4v) is 17.2. The van der Waals surface area contributed by atoms with Crippen LogP contribution in [0.3, 0.4) is 0 Å². The van der Waals surface area contributed by atoms with Crippen LogP contribution in [0, 0.1) is 17.8 Å². The molecular formula is C20H46N2Si2. The van der Waals surface area contributed by atoms with Crippen molar-refractivity contribution in [2.24, 2.45) is 17.8 Å². The molecule has 0 saturated heterocycles. The molecule has 2 N–H and O–H groups in total. The first-order valence-corrected chi connectivity index (χ1v) is 16.1. The molecule has 1 saturated carbocycles. The zero-order valence-electron chi connectivity index (χ0n) is 18.9. The second-order valence-corrected chi connectivity index (χ2v) is 20.5. The molecule has 0 radical (unpaired) electrons. The minimum absolute atomic E-state index is 0.215. The summed E-state index contributed by atoms with van der Waals surface area (Å²) in [5.41, 5.74) is 2.13. The van der Waals surface area contributed by atoms with Gasteiger partial charge in [-0.2, -0.15) is 0 Å². The molecule has 2 nitrogen and oxygen atoms in total. The maximum absolute atomic E-state index is 4.07. The average Bonchev–Trinajstić information content (AvgIpc) is 2.42. The molecular weight excluding hydrogens is 324 g/mol. The second-order valence-electron chi connectivity index (χ2n) is 11.8. The Labute approximate surface area is 155 Å². The largest absolute Gasteiger partial charge is 0.332 e. The van der Waals surface area contributed by atoms with Crippen molar-refractivity contribution >= 4 is 16.5 Å². The Kier molecular flexibility index (Phi) is 6.37. The third kappa shape index (κ3) is 5.18. The van der Waals surface area contributed by atoms with Crippen LogP contribution in [0.2, 0.25) is 37.3 Å². The lowest BCUT2D eigenvalue weighted by atomic mass is 10.0. The van der Waals surface area contributed by atoms with E-state index < -0.39 is 16.5 Å². The molecule has 0 aromatic carbocycles. The van der Waals surface area contributed by atoms with E-state index >= 15 is 0 Å². The van der Waals surface area contributed by atoms with Crippen LogP contribution >= 0.6 is 0 Å². The standard InChI is InChI=1S/C20H46N2Si2/c1-14-15(2)18(24(12,13)22-20(7,8)9)16(3)17(14)23(10,11)21-19(4,5)6/h14-18,21-22H,1-13H3. The van der Waals surface area contributed by atoms with Crippen LogP contribution in [0.25, 0.3) is 0 Å². The van der Waals surface area contributed by atoms with Crippen LogP contribution in [0.15, 0.2) is 0 Å². The van der Waals surface area contributed by atoms with Gasteiger partial charge >= 0.3 is 0 Å². The van der Waals surface area contributed by atoms with Gasteiger partial charge in [-0.1, -0.05) is 47.0 Å². The number of hydrogen-bond donors (Lipinski definition) is 2. The van der Waals surface area contributed by atoms with Crippen molar-refractivity contribution in [1.82, 2.24) is 9.96 Å². The monoisotopic (exact) mass is 370 g/mol. The Hall–Kier alpha value is 0.354. The second kappa shape index (κ2) is 6.82. The van der Waals surface area contributed by atoms with Gasteiger partial charge in [-0.15, -0.1) is 0 Å². The van der Waals surface area contributed by atoms with Crippen molar-refractivity contribution in [3.05, 3.63) is 0 Å². The Morgan fingerprint density at radius 1 is 0.542 bits per heavy atom. The SMILES string of the molecule is CC1C(C)C([Si](C)(C)NC(C)(C)C)C(C)C1[Si](C)(C)NC(C)(C)C. The van der Waals surface area contributed by atoms with Crippen LogP contribution < -0.4 is 9.96 Å². The number of rotatable bonds is 4. The van der Waals surface area contributed by atoms with Crippen molar-refractivity contribution in [1.29, 1.82) is 0 Å². The summed E-state index contributed by atoms with van der Waals surface area (Å²) in [6.45, 7) is 31.9. The molecule has 1 aliphatic carbocycles. The lowest BCUT2D eigenvalue weighted by Crippen LogP contribution is -2.60. The molecule has 4 unspecified atom stereocenters. The van der Waals surface area contributed by atoms with Crippen molar-refractivity contribution in [3.63, 3.8) is 0 Å². The molecule has 4 atom stereocenters. The van der Waals surface area contributed by atoms with E-state index in [4.69, 9.17) is 0 Å². The van der Waals surface area contributed by atoms with Gasteiger partial charge in [0.05, 0.1) is 0 Å². The highest BCUT2D eigenvalue weighted by molar-refractivity contribution is 6.79. The number of hydrogen-bond acceptors (Lipinski definition) is 2. The van der Waals surface area contributed by atoms with Crippen LogP contribution in [0.5, 0.6) is 0 Å². The fourth-order valence-electron chi connectivity index (χ4n) is 6.56. The first-order chi connectivity index (χ1) is 10.4. The van der Waals surface area contributed by atoms with Gasteiger partial charge in [0.2, 0.25) is 0 Å². The number of nitrogens with one attached hydrogen (secondary N) is 2. The van der Waals surface area contributed by atoms with E-state index in [0.29, 0.717) is 0 Å². The molecule has 0 spiro atoms. The summed E-state index contributed by atoms with van der Waals surface area (Å²) in [5, 5.41) is 0. The highest BCUT2D eigenvalue weighted by Gasteiger charge is 2.56. The van der Waals surface area contributed by atoms with E-state index in [0.717, 1.165) is 28.8 Å². The first kappa shape index (κ1) is 22.4. The molecule has 1 fully saturated rings. The molecule has 24 heavy (non-hydrogen) atoms. The Morgan fingerprint density at radius 3 is 1.00 bits per heavy atom. The molecule has 4 heteroatoms. The predicted molar refractivity (Wildman–Crippen MR) is 116 cm³/mol. The maximum Gasteiger partial charge on any atom is 0.123 e. The van der Waals surface area contributed by atoms with Gasteiger partial charge in [-0.25, -0.2) is 0 Å². The third-order valence-corrected chi connectivity index (χ3v) is 14.4. The molecule has 0 aliphatic heterocycles. The van der Waals surface area contributed by atoms with Crippen LogP contribution in [0.4, 0.5) is 0 Å². The summed E-state index contributed by atoms with van der Waals surface area (Å²) >= 11 is 0. The van der Waals surface area contributed by atoms with Crippen LogP contribution in [0.1, 0.15) is 62.3 Å². The third-order valence-electron chi connectivity index (χ3n) is 6.16. The summed E-state index contributed by atoms with van der Waals surface area (Å²) in [6.07, 6.45) is 0. The molecule has 0 aromatic rings. The Balaban J connectivity index is 3.14. The fraction of sp³-hybridized carbons (Fsp3) is 1.00. The molecule has 0 amide bonds.